The molecule has 0 spiro atoms. The van der Waals surface area contributed by atoms with Crippen LogP contribution in [0.3, 0.4) is 0 Å². The molecule has 0 aliphatic heterocycles. The monoisotopic (exact) mass is 185 g/mol. The Hall–Kier alpha value is -1.13. The van der Waals surface area contributed by atoms with Gasteiger partial charge in [0.05, 0.1) is 0 Å². The highest BCUT2D eigenvalue weighted by atomic mass is 19.1. The van der Waals surface area contributed by atoms with Gasteiger partial charge < -0.3 is 15.9 Å². The van der Waals surface area contributed by atoms with E-state index in [2.05, 4.69) is 0 Å². The van der Waals surface area contributed by atoms with Crippen LogP contribution in [0.2, 0.25) is 0 Å². The smallest absolute Gasteiger partial charge is 0.128 e. The van der Waals surface area contributed by atoms with E-state index in [1.165, 1.54) is 12.1 Å². The van der Waals surface area contributed by atoms with Crippen molar-refractivity contribution in [2.75, 3.05) is 6.61 Å². The molecule has 4 N–H and O–H groups in total. The summed E-state index contributed by atoms with van der Waals surface area (Å²) in [5.41, 5.74) is 5.79. The summed E-state index contributed by atoms with van der Waals surface area (Å²) in [6, 6.07) is 3.11. The lowest BCUT2D eigenvalue weighted by atomic mass is 10.0. The molecule has 0 aliphatic carbocycles. The second-order valence-electron chi connectivity index (χ2n) is 2.82. The van der Waals surface area contributed by atoms with Crippen LogP contribution in [0.1, 0.15) is 18.0 Å². The molecule has 0 saturated heterocycles. The van der Waals surface area contributed by atoms with Crippen molar-refractivity contribution in [1.29, 1.82) is 0 Å². The molecular weight excluding hydrogens is 173 g/mol. The number of hydrogen-bond donors (Lipinski definition) is 3. The largest absolute Gasteiger partial charge is 0.508 e. The molecule has 1 rings (SSSR count). The van der Waals surface area contributed by atoms with Gasteiger partial charge >= 0.3 is 0 Å². The summed E-state index contributed by atoms with van der Waals surface area (Å²) in [5.74, 6) is -0.483. The van der Waals surface area contributed by atoms with Gasteiger partial charge in [0.25, 0.3) is 0 Å². The Balaban J connectivity index is 2.91. The van der Waals surface area contributed by atoms with Gasteiger partial charge in [-0.3, -0.25) is 0 Å². The predicted octanol–water partition coefficient (Wildman–Crippen LogP) is 0.913. The fourth-order valence-electron chi connectivity index (χ4n) is 1.11. The van der Waals surface area contributed by atoms with Gasteiger partial charge in [-0.15, -0.1) is 0 Å². The van der Waals surface area contributed by atoms with Crippen LogP contribution in [0.25, 0.3) is 0 Å². The topological polar surface area (TPSA) is 66.5 Å². The number of aromatic hydroxyl groups is 1. The minimum atomic E-state index is -0.572. The summed E-state index contributed by atoms with van der Waals surface area (Å²) in [4.78, 5) is 0. The van der Waals surface area contributed by atoms with Crippen LogP contribution in [-0.2, 0) is 0 Å². The lowest BCUT2D eigenvalue weighted by molar-refractivity contribution is 0.275. The molecule has 0 heterocycles. The third-order valence-electron chi connectivity index (χ3n) is 1.82. The number of aliphatic hydroxyl groups is 1. The van der Waals surface area contributed by atoms with Crippen LogP contribution in [0.5, 0.6) is 5.75 Å². The number of nitrogens with two attached hydrogens (primary N) is 1. The molecule has 0 aliphatic rings. The fourth-order valence-corrected chi connectivity index (χ4v) is 1.11. The van der Waals surface area contributed by atoms with Crippen molar-refractivity contribution in [2.24, 2.45) is 5.73 Å². The summed E-state index contributed by atoms with van der Waals surface area (Å²) in [6.07, 6.45) is 0.278. The lowest BCUT2D eigenvalue weighted by Gasteiger charge is -2.11. The minimum Gasteiger partial charge on any atom is -0.508 e. The number of halogens is 1. The molecule has 1 unspecified atom stereocenters. The highest BCUT2D eigenvalue weighted by Crippen LogP contribution is 2.21. The minimum absolute atomic E-state index is 0.0233. The van der Waals surface area contributed by atoms with Crippen LogP contribution in [0, 0.1) is 5.82 Å². The van der Waals surface area contributed by atoms with Crippen molar-refractivity contribution < 1.29 is 14.6 Å². The van der Waals surface area contributed by atoms with E-state index >= 15 is 0 Å². The van der Waals surface area contributed by atoms with E-state index in [1.807, 2.05) is 0 Å². The molecule has 0 aromatic heterocycles. The maximum atomic E-state index is 13.1. The predicted molar refractivity (Wildman–Crippen MR) is 46.7 cm³/mol. The average molecular weight is 185 g/mol. The van der Waals surface area contributed by atoms with Gasteiger partial charge in [0.2, 0.25) is 0 Å². The number of aliphatic hydroxyl groups excluding tert-OH is 1. The number of hydrogen-bond acceptors (Lipinski definition) is 3. The molecule has 1 aromatic rings. The van der Waals surface area contributed by atoms with Crippen LogP contribution in [0.4, 0.5) is 4.39 Å². The van der Waals surface area contributed by atoms with Gasteiger partial charge in [-0.25, -0.2) is 4.39 Å². The van der Waals surface area contributed by atoms with Crippen molar-refractivity contribution in [3.8, 4) is 5.75 Å². The van der Waals surface area contributed by atoms with Crippen LogP contribution >= 0.6 is 0 Å². The standard InChI is InChI=1S/C9H12FNO2/c10-8-2-1-6(13)5-7(8)9(11)3-4-12/h1-2,5,9,12-13H,3-4,11H2. The maximum Gasteiger partial charge on any atom is 0.128 e. The Bertz CT molecular complexity index is 291. The van der Waals surface area contributed by atoms with Crippen LogP contribution < -0.4 is 5.73 Å². The highest BCUT2D eigenvalue weighted by molar-refractivity contribution is 5.30. The Morgan fingerprint density at radius 2 is 2.15 bits per heavy atom. The number of phenolic OH excluding ortho intramolecular Hbond substituents is 1. The van der Waals surface area contributed by atoms with Crippen molar-refractivity contribution in [3.63, 3.8) is 0 Å². The average Bonchev–Trinajstić information content (AvgIpc) is 2.09. The molecule has 0 radical (unpaired) electrons. The molecule has 1 aromatic carbocycles. The van der Waals surface area contributed by atoms with Crippen LogP contribution in [0.15, 0.2) is 18.2 Å². The molecule has 4 heteroatoms. The molecule has 0 fully saturated rings. The summed E-state index contributed by atoms with van der Waals surface area (Å²) in [7, 11) is 0. The molecule has 0 bridgehead atoms. The SMILES string of the molecule is NC(CCO)c1cc(O)ccc1F. The summed E-state index contributed by atoms with van der Waals surface area (Å²) in [6.45, 7) is -0.101. The van der Waals surface area contributed by atoms with E-state index in [4.69, 9.17) is 15.9 Å². The first-order valence-electron chi connectivity index (χ1n) is 4.00. The highest BCUT2D eigenvalue weighted by Gasteiger charge is 2.11. The van der Waals surface area contributed by atoms with Crippen molar-refractivity contribution in [1.82, 2.24) is 0 Å². The zero-order valence-electron chi connectivity index (χ0n) is 7.07. The van der Waals surface area contributed by atoms with Crippen molar-refractivity contribution in [2.45, 2.75) is 12.5 Å². The molecule has 13 heavy (non-hydrogen) atoms. The van der Waals surface area contributed by atoms with Crippen molar-refractivity contribution >= 4 is 0 Å². The molecular formula is C9H12FNO2. The van der Waals surface area contributed by atoms with Gasteiger partial charge in [-0.1, -0.05) is 0 Å². The van der Waals surface area contributed by atoms with Crippen LogP contribution in [-0.4, -0.2) is 16.8 Å². The second kappa shape index (κ2) is 4.20. The third-order valence-corrected chi connectivity index (χ3v) is 1.82. The van der Waals surface area contributed by atoms with Gasteiger partial charge in [-0.2, -0.15) is 0 Å². The van der Waals surface area contributed by atoms with Gasteiger partial charge in [0.15, 0.2) is 0 Å². The first-order chi connectivity index (χ1) is 6.15. The lowest BCUT2D eigenvalue weighted by Crippen LogP contribution is -2.13. The second-order valence-corrected chi connectivity index (χ2v) is 2.82. The quantitative estimate of drug-likeness (QED) is 0.655. The number of rotatable bonds is 3. The van der Waals surface area contributed by atoms with Gasteiger partial charge in [0.1, 0.15) is 11.6 Å². The fraction of sp³-hybridized carbons (Fsp3) is 0.333. The zero-order valence-corrected chi connectivity index (χ0v) is 7.07. The molecule has 0 amide bonds. The molecule has 1 atom stereocenters. The van der Waals surface area contributed by atoms with E-state index < -0.39 is 11.9 Å². The number of phenols is 1. The van der Waals surface area contributed by atoms with E-state index in [0.29, 0.717) is 0 Å². The zero-order chi connectivity index (χ0) is 9.84. The summed E-state index contributed by atoms with van der Waals surface area (Å²) in [5, 5.41) is 17.7. The number of benzene rings is 1. The molecule has 72 valence electrons. The van der Waals surface area contributed by atoms with E-state index in [-0.39, 0.29) is 24.3 Å². The maximum absolute atomic E-state index is 13.1. The van der Waals surface area contributed by atoms with E-state index in [1.54, 1.807) is 0 Å². The Kier molecular flexibility index (Phi) is 3.22. The molecule has 0 saturated carbocycles. The Labute approximate surface area is 75.6 Å². The third kappa shape index (κ3) is 2.40. The first kappa shape index (κ1) is 9.95. The first-order valence-corrected chi connectivity index (χ1v) is 4.00. The molecule has 3 nitrogen and oxygen atoms in total. The Morgan fingerprint density at radius 1 is 1.46 bits per heavy atom. The van der Waals surface area contributed by atoms with Gasteiger partial charge in [0, 0.05) is 18.2 Å². The van der Waals surface area contributed by atoms with E-state index in [0.717, 1.165) is 6.07 Å². The van der Waals surface area contributed by atoms with E-state index in [9.17, 15) is 4.39 Å². The van der Waals surface area contributed by atoms with Gasteiger partial charge in [-0.05, 0) is 24.6 Å². The van der Waals surface area contributed by atoms with Crippen molar-refractivity contribution in [3.05, 3.63) is 29.6 Å². The Morgan fingerprint density at radius 3 is 2.77 bits per heavy atom. The summed E-state index contributed by atoms with van der Waals surface area (Å²) < 4.78 is 13.1. The summed E-state index contributed by atoms with van der Waals surface area (Å²) >= 11 is 0. The normalized spacial score (nSPS) is 12.8.